The number of rotatable bonds is 2. The molecule has 3 heteroatoms. The lowest BCUT2D eigenvalue weighted by atomic mass is 10.1. The van der Waals surface area contributed by atoms with Gasteiger partial charge in [-0.1, -0.05) is 11.6 Å². The molecule has 0 spiro atoms. The molecule has 0 N–H and O–H groups in total. The van der Waals surface area contributed by atoms with Crippen molar-refractivity contribution in [2.45, 2.75) is 13.8 Å². The van der Waals surface area contributed by atoms with Crippen molar-refractivity contribution in [3.05, 3.63) is 34.3 Å². The zero-order chi connectivity index (χ0) is 10.0. The minimum absolute atomic E-state index is 0.359. The van der Waals surface area contributed by atoms with Crippen LogP contribution in [0.2, 0.25) is 5.02 Å². The van der Waals surface area contributed by atoms with Gasteiger partial charge in [-0.25, -0.2) is 0 Å². The van der Waals surface area contributed by atoms with E-state index in [0.29, 0.717) is 10.6 Å². The second-order valence-corrected chi connectivity index (χ2v) is 3.34. The molecule has 2 nitrogen and oxygen atoms in total. The first kappa shape index (κ1) is 9.93. The summed E-state index contributed by atoms with van der Waals surface area (Å²) in [6, 6.07) is 4.88. The number of aryl methyl sites for hydroxylation is 1. The molecule has 0 aliphatic rings. The van der Waals surface area contributed by atoms with Crippen LogP contribution in [0.1, 0.15) is 22.8 Å². The number of hydrogen-bond donors (Lipinski definition) is 0. The fraction of sp³-hybridized carbons (Fsp3) is 0.200. The minimum Gasteiger partial charge on any atom is -0.291 e. The zero-order valence-corrected chi connectivity index (χ0v) is 8.18. The van der Waals surface area contributed by atoms with E-state index in [1.54, 1.807) is 12.1 Å². The first-order valence-corrected chi connectivity index (χ1v) is 4.21. The Labute approximate surface area is 81.5 Å². The van der Waals surface area contributed by atoms with Gasteiger partial charge in [-0.3, -0.25) is 9.59 Å². The van der Waals surface area contributed by atoms with Crippen molar-refractivity contribution in [3.63, 3.8) is 0 Å². The highest BCUT2D eigenvalue weighted by molar-refractivity contribution is 6.43. The molecule has 1 aromatic rings. The van der Waals surface area contributed by atoms with Crippen LogP contribution in [-0.2, 0) is 4.79 Å². The molecular formula is C10H9ClO2. The first-order valence-electron chi connectivity index (χ1n) is 3.83. The minimum atomic E-state index is -0.495. The Kier molecular flexibility index (Phi) is 2.83. The molecule has 0 unspecified atom stereocenters. The Hall–Kier alpha value is -1.15. The van der Waals surface area contributed by atoms with Gasteiger partial charge in [0.1, 0.15) is 0 Å². The Morgan fingerprint density at radius 2 is 1.85 bits per heavy atom. The molecule has 0 aliphatic heterocycles. The standard InChI is InChI=1S/C10H9ClO2/c1-6-3-8(5-9(11)4-6)10(13)7(2)12/h3-5H,1-2H3. The van der Waals surface area contributed by atoms with Gasteiger partial charge in [0, 0.05) is 17.5 Å². The molecule has 68 valence electrons. The highest BCUT2D eigenvalue weighted by atomic mass is 35.5. The van der Waals surface area contributed by atoms with E-state index in [1.807, 2.05) is 6.92 Å². The van der Waals surface area contributed by atoms with Crippen LogP contribution in [0.4, 0.5) is 0 Å². The second kappa shape index (κ2) is 3.71. The van der Waals surface area contributed by atoms with Gasteiger partial charge in [-0.2, -0.15) is 0 Å². The van der Waals surface area contributed by atoms with Crippen LogP contribution in [-0.4, -0.2) is 11.6 Å². The Morgan fingerprint density at radius 3 is 2.31 bits per heavy atom. The van der Waals surface area contributed by atoms with E-state index in [4.69, 9.17) is 11.6 Å². The molecule has 0 aromatic heterocycles. The maximum atomic E-state index is 11.2. The average molecular weight is 197 g/mol. The SMILES string of the molecule is CC(=O)C(=O)c1cc(C)cc(Cl)c1. The highest BCUT2D eigenvalue weighted by Gasteiger charge is 2.11. The highest BCUT2D eigenvalue weighted by Crippen LogP contribution is 2.15. The van der Waals surface area contributed by atoms with Crippen molar-refractivity contribution in [2.75, 3.05) is 0 Å². The van der Waals surface area contributed by atoms with Gasteiger partial charge in [0.2, 0.25) is 5.78 Å². The lowest BCUT2D eigenvalue weighted by Crippen LogP contribution is -2.09. The van der Waals surface area contributed by atoms with E-state index in [2.05, 4.69) is 0 Å². The molecule has 0 atom stereocenters. The summed E-state index contributed by atoms with van der Waals surface area (Å²) in [5.41, 5.74) is 1.23. The molecule has 0 saturated heterocycles. The summed E-state index contributed by atoms with van der Waals surface area (Å²) < 4.78 is 0. The number of carbonyl (C=O) groups is 2. The van der Waals surface area contributed by atoms with Gasteiger partial charge in [-0.15, -0.1) is 0 Å². The predicted octanol–water partition coefficient (Wildman–Crippen LogP) is 2.42. The van der Waals surface area contributed by atoms with Crippen LogP contribution in [0, 0.1) is 6.92 Å². The fourth-order valence-electron chi connectivity index (χ4n) is 1.07. The third-order valence-electron chi connectivity index (χ3n) is 1.62. The molecule has 0 amide bonds. The number of halogens is 1. The van der Waals surface area contributed by atoms with Crippen LogP contribution < -0.4 is 0 Å². The van der Waals surface area contributed by atoms with Crippen LogP contribution in [0.5, 0.6) is 0 Å². The molecular weight excluding hydrogens is 188 g/mol. The molecule has 0 fully saturated rings. The van der Waals surface area contributed by atoms with Gasteiger partial charge in [0.15, 0.2) is 5.78 Å². The molecule has 0 heterocycles. The maximum absolute atomic E-state index is 11.2. The summed E-state index contributed by atoms with van der Waals surface area (Å²) >= 11 is 5.74. The fourth-order valence-corrected chi connectivity index (χ4v) is 1.36. The summed E-state index contributed by atoms with van der Waals surface area (Å²) in [4.78, 5) is 22.0. The van der Waals surface area contributed by atoms with Gasteiger partial charge in [0.05, 0.1) is 0 Å². The summed E-state index contributed by atoms with van der Waals surface area (Å²) in [6.45, 7) is 3.07. The van der Waals surface area contributed by atoms with Crippen molar-refractivity contribution in [2.24, 2.45) is 0 Å². The van der Waals surface area contributed by atoms with Crippen LogP contribution in [0.25, 0.3) is 0 Å². The number of Topliss-reactive ketones (excluding diaryl/α,β-unsaturated/α-hetero) is 2. The summed E-state index contributed by atoms with van der Waals surface area (Å²) in [5, 5.41) is 0.476. The summed E-state index contributed by atoms with van der Waals surface area (Å²) in [7, 11) is 0. The third-order valence-corrected chi connectivity index (χ3v) is 1.84. The Morgan fingerprint density at radius 1 is 1.23 bits per heavy atom. The third kappa shape index (κ3) is 2.39. The van der Waals surface area contributed by atoms with E-state index in [9.17, 15) is 9.59 Å². The topological polar surface area (TPSA) is 34.1 Å². The van der Waals surface area contributed by atoms with E-state index in [-0.39, 0.29) is 0 Å². The maximum Gasteiger partial charge on any atom is 0.228 e. The van der Waals surface area contributed by atoms with E-state index < -0.39 is 11.6 Å². The number of carbonyl (C=O) groups excluding carboxylic acids is 2. The average Bonchev–Trinajstić information content (AvgIpc) is 2.01. The van der Waals surface area contributed by atoms with Crippen molar-refractivity contribution < 1.29 is 9.59 Å². The second-order valence-electron chi connectivity index (χ2n) is 2.90. The molecule has 0 radical (unpaired) electrons. The number of benzene rings is 1. The largest absolute Gasteiger partial charge is 0.291 e. The van der Waals surface area contributed by atoms with Crippen LogP contribution in [0.15, 0.2) is 18.2 Å². The summed E-state index contributed by atoms with van der Waals surface area (Å²) in [6.07, 6.45) is 0. The number of hydrogen-bond acceptors (Lipinski definition) is 2. The smallest absolute Gasteiger partial charge is 0.228 e. The Balaban J connectivity index is 3.15. The van der Waals surface area contributed by atoms with Gasteiger partial charge in [-0.05, 0) is 30.7 Å². The Bertz CT molecular complexity index is 349. The molecule has 1 rings (SSSR count). The lowest BCUT2D eigenvalue weighted by Gasteiger charge is -1.99. The van der Waals surface area contributed by atoms with Crippen molar-refractivity contribution in [3.8, 4) is 0 Å². The van der Waals surface area contributed by atoms with Crippen molar-refractivity contribution in [1.29, 1.82) is 0 Å². The first-order chi connectivity index (χ1) is 6.00. The molecule has 13 heavy (non-hydrogen) atoms. The normalized spacial score (nSPS) is 9.77. The predicted molar refractivity (Wildman–Crippen MR) is 51.2 cm³/mol. The van der Waals surface area contributed by atoms with E-state index in [0.717, 1.165) is 5.56 Å². The molecule has 1 aromatic carbocycles. The van der Waals surface area contributed by atoms with Gasteiger partial charge in [0.25, 0.3) is 0 Å². The summed E-state index contributed by atoms with van der Waals surface area (Å²) in [5.74, 6) is -0.965. The monoisotopic (exact) mass is 196 g/mol. The van der Waals surface area contributed by atoms with Crippen molar-refractivity contribution in [1.82, 2.24) is 0 Å². The number of ketones is 2. The quantitative estimate of drug-likeness (QED) is 0.538. The zero-order valence-electron chi connectivity index (χ0n) is 7.43. The molecule has 0 saturated carbocycles. The molecule has 0 bridgehead atoms. The van der Waals surface area contributed by atoms with E-state index >= 15 is 0 Å². The van der Waals surface area contributed by atoms with Gasteiger partial charge < -0.3 is 0 Å². The van der Waals surface area contributed by atoms with Gasteiger partial charge >= 0.3 is 0 Å². The van der Waals surface area contributed by atoms with E-state index in [1.165, 1.54) is 13.0 Å². The van der Waals surface area contributed by atoms with Crippen molar-refractivity contribution >= 4 is 23.2 Å². The van der Waals surface area contributed by atoms with Crippen LogP contribution in [0.3, 0.4) is 0 Å². The molecule has 0 aliphatic carbocycles. The van der Waals surface area contributed by atoms with Crippen LogP contribution >= 0.6 is 11.6 Å². The lowest BCUT2D eigenvalue weighted by molar-refractivity contribution is -0.113.